The van der Waals surface area contributed by atoms with Crippen LogP contribution in [0.15, 0.2) is 28.7 Å². The molecule has 88 valence electrons. The lowest BCUT2D eigenvalue weighted by molar-refractivity contribution is -0.143. The minimum atomic E-state index is -0.232. The first-order valence-corrected chi connectivity index (χ1v) is 6.01. The molecule has 4 heteroatoms. The van der Waals surface area contributed by atoms with Gasteiger partial charge >= 0.3 is 5.97 Å². The quantitative estimate of drug-likeness (QED) is 0.845. The molecule has 0 aromatic heterocycles. The summed E-state index contributed by atoms with van der Waals surface area (Å²) in [6.07, 6.45) is 0. The highest BCUT2D eigenvalue weighted by atomic mass is 79.9. The Kier molecular flexibility index (Phi) is 5.49. The topological polar surface area (TPSA) is 38.3 Å². The van der Waals surface area contributed by atoms with Crippen molar-refractivity contribution in [3.63, 3.8) is 0 Å². The number of ether oxygens (including phenoxy) is 1. The van der Waals surface area contributed by atoms with Crippen molar-refractivity contribution >= 4 is 21.9 Å². The zero-order chi connectivity index (χ0) is 12.0. The van der Waals surface area contributed by atoms with E-state index in [0.29, 0.717) is 6.61 Å². The maximum atomic E-state index is 11.3. The van der Waals surface area contributed by atoms with E-state index in [-0.39, 0.29) is 18.6 Å². The fraction of sp³-hybridized carbons (Fsp3) is 0.417. The van der Waals surface area contributed by atoms with Gasteiger partial charge in [-0.15, -0.1) is 0 Å². The van der Waals surface area contributed by atoms with Crippen molar-refractivity contribution in [2.24, 2.45) is 0 Å². The second-order valence-electron chi connectivity index (χ2n) is 3.79. The van der Waals surface area contributed by atoms with E-state index in [0.717, 1.165) is 10.0 Å². The molecular formula is C12H16BrNO2. The van der Waals surface area contributed by atoms with Crippen LogP contribution in [-0.2, 0) is 16.1 Å². The fourth-order valence-corrected chi connectivity index (χ4v) is 1.51. The lowest BCUT2D eigenvalue weighted by atomic mass is 10.2. The molecule has 0 saturated carbocycles. The van der Waals surface area contributed by atoms with Crippen molar-refractivity contribution in [2.45, 2.75) is 26.5 Å². The average molecular weight is 286 g/mol. The lowest BCUT2D eigenvalue weighted by Gasteiger charge is -2.09. The molecule has 1 rings (SSSR count). The van der Waals surface area contributed by atoms with Gasteiger partial charge in [0.05, 0.1) is 6.54 Å². The van der Waals surface area contributed by atoms with Crippen LogP contribution in [0.3, 0.4) is 0 Å². The van der Waals surface area contributed by atoms with Gasteiger partial charge < -0.3 is 10.1 Å². The Hall–Kier alpha value is -0.870. The van der Waals surface area contributed by atoms with Crippen LogP contribution in [0.1, 0.15) is 19.4 Å². The summed E-state index contributed by atoms with van der Waals surface area (Å²) in [5.74, 6) is -0.232. The van der Waals surface area contributed by atoms with Gasteiger partial charge in [-0.05, 0) is 6.07 Å². The van der Waals surface area contributed by atoms with Gasteiger partial charge in [0.2, 0.25) is 0 Å². The van der Waals surface area contributed by atoms with E-state index in [2.05, 4.69) is 21.2 Å². The van der Waals surface area contributed by atoms with Crippen LogP contribution in [-0.4, -0.2) is 18.6 Å². The number of benzene rings is 1. The predicted octanol–water partition coefficient (Wildman–Crippen LogP) is 2.49. The van der Waals surface area contributed by atoms with Crippen molar-refractivity contribution in [1.29, 1.82) is 0 Å². The van der Waals surface area contributed by atoms with Crippen molar-refractivity contribution < 1.29 is 9.53 Å². The Morgan fingerprint density at radius 3 is 2.75 bits per heavy atom. The smallest absolute Gasteiger partial charge is 0.320 e. The second kappa shape index (κ2) is 6.66. The van der Waals surface area contributed by atoms with Gasteiger partial charge in [-0.2, -0.15) is 0 Å². The van der Waals surface area contributed by atoms with Crippen molar-refractivity contribution in [3.05, 3.63) is 34.3 Å². The highest BCUT2D eigenvalue weighted by Gasteiger charge is 2.05. The van der Waals surface area contributed by atoms with Crippen LogP contribution < -0.4 is 5.32 Å². The van der Waals surface area contributed by atoms with E-state index >= 15 is 0 Å². The summed E-state index contributed by atoms with van der Waals surface area (Å²) in [4.78, 5) is 11.3. The third-order valence-corrected chi connectivity index (χ3v) is 2.77. The van der Waals surface area contributed by atoms with E-state index in [9.17, 15) is 4.79 Å². The summed E-state index contributed by atoms with van der Waals surface area (Å²) in [5, 5.41) is 3.01. The van der Waals surface area contributed by atoms with Gasteiger partial charge in [-0.25, -0.2) is 0 Å². The SMILES string of the molecule is CC(C)NCC(=O)OCc1ccccc1Br. The Balaban J connectivity index is 2.35. The number of esters is 1. The molecule has 0 aliphatic rings. The molecule has 1 aromatic carbocycles. The normalized spacial score (nSPS) is 10.5. The van der Waals surface area contributed by atoms with Crippen LogP contribution in [0, 0.1) is 0 Å². The first-order chi connectivity index (χ1) is 7.59. The molecule has 0 fully saturated rings. The third kappa shape index (κ3) is 4.77. The highest BCUT2D eigenvalue weighted by Crippen LogP contribution is 2.16. The van der Waals surface area contributed by atoms with E-state index in [4.69, 9.17) is 4.74 Å². The summed E-state index contributed by atoms with van der Waals surface area (Å²) in [6.45, 7) is 4.53. The number of nitrogens with one attached hydrogen (secondary N) is 1. The van der Waals surface area contributed by atoms with E-state index < -0.39 is 0 Å². The van der Waals surface area contributed by atoms with Gasteiger partial charge in [0.1, 0.15) is 6.61 Å². The average Bonchev–Trinajstić information content (AvgIpc) is 2.25. The molecule has 0 amide bonds. The summed E-state index contributed by atoms with van der Waals surface area (Å²) >= 11 is 3.40. The lowest BCUT2D eigenvalue weighted by Crippen LogP contribution is -2.30. The molecule has 0 unspecified atom stereocenters. The molecule has 0 radical (unpaired) electrons. The Bertz CT molecular complexity index is 353. The van der Waals surface area contributed by atoms with Crippen LogP contribution >= 0.6 is 15.9 Å². The Morgan fingerprint density at radius 2 is 2.12 bits per heavy atom. The molecule has 0 spiro atoms. The molecule has 0 bridgehead atoms. The van der Waals surface area contributed by atoms with Crippen molar-refractivity contribution in [1.82, 2.24) is 5.32 Å². The number of rotatable bonds is 5. The number of halogens is 1. The monoisotopic (exact) mass is 285 g/mol. The number of hydrogen-bond donors (Lipinski definition) is 1. The van der Waals surface area contributed by atoms with E-state index in [1.807, 2.05) is 38.1 Å². The second-order valence-corrected chi connectivity index (χ2v) is 4.64. The zero-order valence-corrected chi connectivity index (χ0v) is 11.1. The first kappa shape index (κ1) is 13.2. The molecule has 0 aliphatic carbocycles. The minimum absolute atomic E-state index is 0.232. The van der Waals surface area contributed by atoms with Gasteiger partial charge in [0, 0.05) is 16.1 Å². The maximum absolute atomic E-state index is 11.3. The predicted molar refractivity (Wildman–Crippen MR) is 67.1 cm³/mol. The minimum Gasteiger partial charge on any atom is -0.460 e. The number of carbonyl (C=O) groups excluding carboxylic acids is 1. The maximum Gasteiger partial charge on any atom is 0.320 e. The van der Waals surface area contributed by atoms with Gasteiger partial charge in [-0.1, -0.05) is 48.0 Å². The fourth-order valence-electron chi connectivity index (χ4n) is 1.11. The molecule has 0 aliphatic heterocycles. The molecular weight excluding hydrogens is 270 g/mol. The van der Waals surface area contributed by atoms with Crippen LogP contribution in [0.5, 0.6) is 0 Å². The molecule has 0 atom stereocenters. The van der Waals surface area contributed by atoms with E-state index in [1.54, 1.807) is 0 Å². The first-order valence-electron chi connectivity index (χ1n) is 5.22. The summed E-state index contributed by atoms with van der Waals surface area (Å²) in [5.41, 5.74) is 0.973. The highest BCUT2D eigenvalue weighted by molar-refractivity contribution is 9.10. The van der Waals surface area contributed by atoms with Crippen molar-refractivity contribution in [3.8, 4) is 0 Å². The molecule has 3 nitrogen and oxygen atoms in total. The summed E-state index contributed by atoms with van der Waals surface area (Å²) < 4.78 is 6.09. The molecule has 1 N–H and O–H groups in total. The zero-order valence-electron chi connectivity index (χ0n) is 9.50. The molecule has 0 saturated heterocycles. The molecule has 16 heavy (non-hydrogen) atoms. The van der Waals surface area contributed by atoms with Crippen molar-refractivity contribution in [2.75, 3.05) is 6.54 Å². The number of hydrogen-bond acceptors (Lipinski definition) is 3. The third-order valence-electron chi connectivity index (χ3n) is 2.00. The van der Waals surface area contributed by atoms with Gasteiger partial charge in [-0.3, -0.25) is 4.79 Å². The van der Waals surface area contributed by atoms with Gasteiger partial charge in [0.15, 0.2) is 0 Å². The largest absolute Gasteiger partial charge is 0.460 e. The van der Waals surface area contributed by atoms with Crippen LogP contribution in [0.4, 0.5) is 0 Å². The number of carbonyl (C=O) groups is 1. The van der Waals surface area contributed by atoms with Crippen LogP contribution in [0.25, 0.3) is 0 Å². The molecule has 0 heterocycles. The Morgan fingerprint density at radius 1 is 1.44 bits per heavy atom. The van der Waals surface area contributed by atoms with Gasteiger partial charge in [0.25, 0.3) is 0 Å². The standard InChI is InChI=1S/C12H16BrNO2/c1-9(2)14-7-12(15)16-8-10-5-3-4-6-11(10)13/h3-6,9,14H,7-8H2,1-2H3. The molecule has 1 aromatic rings. The Labute approximate surface area is 104 Å². The van der Waals surface area contributed by atoms with E-state index in [1.165, 1.54) is 0 Å². The summed E-state index contributed by atoms with van der Waals surface area (Å²) in [7, 11) is 0. The van der Waals surface area contributed by atoms with Crippen LogP contribution in [0.2, 0.25) is 0 Å². The summed E-state index contributed by atoms with van der Waals surface area (Å²) in [6, 6.07) is 7.98.